The third-order valence-corrected chi connectivity index (χ3v) is 3.25. The van der Waals surface area contributed by atoms with Crippen molar-refractivity contribution >= 4 is 29.1 Å². The Kier molecular flexibility index (Phi) is 3.08. The first-order valence-electron chi connectivity index (χ1n) is 4.25. The zero-order chi connectivity index (χ0) is 10.7. The lowest BCUT2D eigenvalue weighted by Crippen LogP contribution is -1.89. The molecule has 2 rings (SSSR count). The largest absolute Gasteiger partial charge is 0.398 e. The van der Waals surface area contributed by atoms with E-state index in [1.54, 1.807) is 24.7 Å². The topological polar surface area (TPSA) is 51.8 Å². The molecule has 0 fully saturated rings. The van der Waals surface area contributed by atoms with Gasteiger partial charge in [0.15, 0.2) is 0 Å². The van der Waals surface area contributed by atoms with Crippen molar-refractivity contribution in [3.63, 3.8) is 0 Å². The van der Waals surface area contributed by atoms with Crippen LogP contribution in [-0.2, 0) is 0 Å². The summed E-state index contributed by atoms with van der Waals surface area (Å²) in [6.45, 7) is 0. The van der Waals surface area contributed by atoms with Gasteiger partial charge in [-0.2, -0.15) is 0 Å². The van der Waals surface area contributed by atoms with Crippen molar-refractivity contribution in [3.05, 3.63) is 41.8 Å². The minimum absolute atomic E-state index is 0.630. The van der Waals surface area contributed by atoms with Gasteiger partial charge in [0, 0.05) is 18.1 Å². The fourth-order valence-corrected chi connectivity index (χ4v) is 2.16. The van der Waals surface area contributed by atoms with E-state index in [1.807, 2.05) is 12.1 Å². The molecule has 0 aliphatic rings. The highest BCUT2D eigenvalue weighted by Gasteiger charge is 2.06. The number of nitrogens with two attached hydrogens (primary N) is 1. The summed E-state index contributed by atoms with van der Waals surface area (Å²) < 4.78 is 0. The summed E-state index contributed by atoms with van der Waals surface area (Å²) >= 11 is 7.44. The molecule has 0 amide bonds. The maximum absolute atomic E-state index is 6.03. The average Bonchev–Trinajstić information content (AvgIpc) is 2.25. The molecule has 0 spiro atoms. The molecule has 0 saturated heterocycles. The normalized spacial score (nSPS) is 10.2. The monoisotopic (exact) mass is 237 g/mol. The molecule has 76 valence electrons. The van der Waals surface area contributed by atoms with Gasteiger partial charge in [-0.15, -0.1) is 0 Å². The Labute approximate surface area is 96.7 Å². The van der Waals surface area contributed by atoms with Crippen LogP contribution in [0.1, 0.15) is 0 Å². The number of hydrogen-bond acceptors (Lipinski definition) is 4. The van der Waals surface area contributed by atoms with Gasteiger partial charge >= 0.3 is 0 Å². The second-order valence-corrected chi connectivity index (χ2v) is 4.24. The Morgan fingerprint density at radius 2 is 2.13 bits per heavy atom. The van der Waals surface area contributed by atoms with Crippen LogP contribution in [0.3, 0.4) is 0 Å². The smallest absolute Gasteiger partial charge is 0.119 e. The molecule has 0 unspecified atom stereocenters. The number of nitrogen functional groups attached to an aromatic ring is 1. The number of rotatable bonds is 2. The predicted octanol–water partition coefficient (Wildman–Crippen LogP) is 2.86. The number of aromatic nitrogens is 2. The first-order valence-corrected chi connectivity index (χ1v) is 5.44. The van der Waals surface area contributed by atoms with Crippen molar-refractivity contribution in [1.82, 2.24) is 9.97 Å². The van der Waals surface area contributed by atoms with E-state index in [2.05, 4.69) is 9.97 Å². The van der Waals surface area contributed by atoms with Gasteiger partial charge < -0.3 is 5.73 Å². The molecule has 0 saturated carbocycles. The Balaban J connectivity index is 2.32. The highest BCUT2D eigenvalue weighted by Crippen LogP contribution is 2.35. The van der Waals surface area contributed by atoms with Gasteiger partial charge in [-0.05, 0) is 12.1 Å². The molecule has 1 heterocycles. The average molecular weight is 238 g/mol. The lowest BCUT2D eigenvalue weighted by atomic mass is 10.3. The van der Waals surface area contributed by atoms with Gasteiger partial charge in [0.25, 0.3) is 0 Å². The number of benzene rings is 1. The van der Waals surface area contributed by atoms with E-state index in [0.717, 1.165) is 9.92 Å². The molecule has 5 heteroatoms. The molecule has 1 aromatic heterocycles. The maximum atomic E-state index is 6.03. The van der Waals surface area contributed by atoms with Gasteiger partial charge in [-0.1, -0.05) is 29.4 Å². The van der Waals surface area contributed by atoms with Gasteiger partial charge in [0.1, 0.15) is 5.03 Å². The van der Waals surface area contributed by atoms with Gasteiger partial charge in [0.05, 0.1) is 16.1 Å². The molecule has 0 atom stereocenters. The molecule has 0 bridgehead atoms. The van der Waals surface area contributed by atoms with Crippen LogP contribution in [0.15, 0.2) is 46.7 Å². The van der Waals surface area contributed by atoms with Crippen LogP contribution in [0, 0.1) is 0 Å². The van der Waals surface area contributed by atoms with E-state index < -0.39 is 0 Å². The molecule has 0 aliphatic carbocycles. The number of halogens is 1. The van der Waals surface area contributed by atoms with E-state index >= 15 is 0 Å². The zero-order valence-corrected chi connectivity index (χ0v) is 9.29. The summed E-state index contributed by atoms with van der Waals surface area (Å²) in [7, 11) is 0. The number of anilines is 1. The van der Waals surface area contributed by atoms with Crippen LogP contribution in [0.5, 0.6) is 0 Å². The number of hydrogen-bond donors (Lipinski definition) is 1. The Morgan fingerprint density at radius 1 is 1.27 bits per heavy atom. The molecular formula is C10H8ClN3S. The first-order chi connectivity index (χ1) is 7.27. The second kappa shape index (κ2) is 4.51. The molecule has 15 heavy (non-hydrogen) atoms. The van der Waals surface area contributed by atoms with E-state index in [1.165, 1.54) is 11.8 Å². The molecule has 0 radical (unpaired) electrons. The van der Waals surface area contributed by atoms with Crippen molar-refractivity contribution in [3.8, 4) is 0 Å². The SMILES string of the molecule is Nc1cccc(Cl)c1Sc1cnccn1. The van der Waals surface area contributed by atoms with Crippen LogP contribution >= 0.6 is 23.4 Å². The van der Waals surface area contributed by atoms with Crippen molar-refractivity contribution in [2.24, 2.45) is 0 Å². The summed E-state index contributed by atoms with van der Waals surface area (Å²) in [6.07, 6.45) is 4.93. The van der Waals surface area contributed by atoms with Crippen LogP contribution in [0.4, 0.5) is 5.69 Å². The third-order valence-electron chi connectivity index (χ3n) is 1.74. The molecule has 3 nitrogen and oxygen atoms in total. The summed E-state index contributed by atoms with van der Waals surface area (Å²) in [6, 6.07) is 5.43. The van der Waals surface area contributed by atoms with Crippen molar-refractivity contribution in [2.45, 2.75) is 9.92 Å². The van der Waals surface area contributed by atoms with Crippen LogP contribution in [0.2, 0.25) is 5.02 Å². The molecule has 0 aliphatic heterocycles. The maximum Gasteiger partial charge on any atom is 0.119 e. The van der Waals surface area contributed by atoms with Gasteiger partial charge in [-0.3, -0.25) is 4.98 Å². The minimum atomic E-state index is 0.630. The predicted molar refractivity (Wildman–Crippen MR) is 62.0 cm³/mol. The third kappa shape index (κ3) is 2.40. The second-order valence-electron chi connectivity index (χ2n) is 2.80. The summed E-state index contributed by atoms with van der Waals surface area (Å²) in [5.41, 5.74) is 6.47. The van der Waals surface area contributed by atoms with Crippen molar-refractivity contribution < 1.29 is 0 Å². The molecule has 1 aromatic carbocycles. The van der Waals surface area contributed by atoms with Gasteiger partial charge in [0.2, 0.25) is 0 Å². The van der Waals surface area contributed by atoms with Gasteiger partial charge in [-0.25, -0.2) is 4.98 Å². The molecule has 2 N–H and O–H groups in total. The van der Waals surface area contributed by atoms with E-state index in [4.69, 9.17) is 17.3 Å². The van der Waals surface area contributed by atoms with E-state index in [-0.39, 0.29) is 0 Å². The first kappa shape index (κ1) is 10.3. The lowest BCUT2D eigenvalue weighted by Gasteiger charge is -2.05. The Morgan fingerprint density at radius 3 is 2.80 bits per heavy atom. The van der Waals surface area contributed by atoms with Crippen LogP contribution < -0.4 is 5.73 Å². The molecular weight excluding hydrogens is 230 g/mol. The summed E-state index contributed by atoms with van der Waals surface area (Å²) in [5.74, 6) is 0. The summed E-state index contributed by atoms with van der Waals surface area (Å²) in [5, 5.41) is 1.41. The van der Waals surface area contributed by atoms with Crippen molar-refractivity contribution in [1.29, 1.82) is 0 Å². The Bertz CT molecular complexity index is 441. The fourth-order valence-electron chi connectivity index (χ4n) is 1.08. The highest BCUT2D eigenvalue weighted by molar-refractivity contribution is 7.99. The highest BCUT2D eigenvalue weighted by atomic mass is 35.5. The standard InChI is InChI=1S/C10H8ClN3S/c11-7-2-1-3-8(12)10(7)15-9-6-13-4-5-14-9/h1-6H,12H2. The van der Waals surface area contributed by atoms with E-state index in [0.29, 0.717) is 10.7 Å². The summed E-state index contributed by atoms with van der Waals surface area (Å²) in [4.78, 5) is 8.93. The zero-order valence-electron chi connectivity index (χ0n) is 7.72. The van der Waals surface area contributed by atoms with Crippen LogP contribution in [0.25, 0.3) is 0 Å². The lowest BCUT2D eigenvalue weighted by molar-refractivity contribution is 1.05. The van der Waals surface area contributed by atoms with Crippen LogP contribution in [-0.4, -0.2) is 9.97 Å². The van der Waals surface area contributed by atoms with Crippen molar-refractivity contribution in [2.75, 3.05) is 5.73 Å². The van der Waals surface area contributed by atoms with E-state index in [9.17, 15) is 0 Å². The molecule has 2 aromatic rings. The number of nitrogens with zero attached hydrogens (tertiary/aromatic N) is 2. The Hall–Kier alpha value is -1.26. The quantitative estimate of drug-likeness (QED) is 0.816. The fraction of sp³-hybridized carbons (Fsp3) is 0. The minimum Gasteiger partial charge on any atom is -0.398 e.